The lowest BCUT2D eigenvalue weighted by Crippen LogP contribution is -2.45. The van der Waals surface area contributed by atoms with Gasteiger partial charge in [-0.3, -0.25) is 14.5 Å². The number of carbonyl (C=O) groups is 3. The first-order valence-corrected chi connectivity index (χ1v) is 14.2. The van der Waals surface area contributed by atoms with E-state index in [1.807, 2.05) is 37.3 Å². The molecule has 41 heavy (non-hydrogen) atoms. The number of carbonyl (C=O) groups excluding carboxylic acids is 3. The van der Waals surface area contributed by atoms with E-state index in [1.165, 1.54) is 17.4 Å². The molecule has 0 bridgehead atoms. The Hall–Kier alpha value is -4.77. The third-order valence-corrected chi connectivity index (χ3v) is 8.35. The van der Waals surface area contributed by atoms with Crippen LogP contribution in [-0.4, -0.2) is 39.9 Å². The van der Waals surface area contributed by atoms with Crippen LogP contribution in [0, 0.1) is 6.92 Å². The Kier molecular flexibility index (Phi) is 7.10. The van der Waals surface area contributed by atoms with E-state index in [9.17, 15) is 14.4 Å². The molecule has 2 atom stereocenters. The zero-order valence-corrected chi connectivity index (χ0v) is 23.2. The summed E-state index contributed by atoms with van der Waals surface area (Å²) < 4.78 is 5.86. The van der Waals surface area contributed by atoms with Gasteiger partial charge in [-0.2, -0.15) is 0 Å². The number of para-hydroxylation sites is 1. The summed E-state index contributed by atoms with van der Waals surface area (Å²) in [6.45, 7) is 5.39. The lowest BCUT2D eigenvalue weighted by molar-refractivity contribution is -0.117. The van der Waals surface area contributed by atoms with Crippen molar-refractivity contribution >= 4 is 56.5 Å². The Morgan fingerprint density at radius 2 is 1.90 bits per heavy atom. The highest BCUT2D eigenvalue weighted by Crippen LogP contribution is 2.46. The molecule has 1 fully saturated rings. The second-order valence-corrected chi connectivity index (χ2v) is 11.1. The molecule has 4 heterocycles. The van der Waals surface area contributed by atoms with Gasteiger partial charge in [0.15, 0.2) is 0 Å². The molecule has 6 rings (SSSR count). The summed E-state index contributed by atoms with van der Waals surface area (Å²) in [4.78, 5) is 50.2. The van der Waals surface area contributed by atoms with Crippen molar-refractivity contribution in [1.82, 2.24) is 20.6 Å². The SMILES string of the molecule is C=CC(=O)N[C@@H]1CCC[C@@H](NC(=O)c2sc3nccc4c3c2NC(=O)N4c2cnc(Oc3ccccc3)cc2C)C1. The third-order valence-electron chi connectivity index (χ3n) is 7.26. The molecular weight excluding hydrogens is 540 g/mol. The van der Waals surface area contributed by atoms with Gasteiger partial charge in [0.1, 0.15) is 15.5 Å². The first kappa shape index (κ1) is 26.5. The van der Waals surface area contributed by atoms with Gasteiger partial charge in [0, 0.05) is 24.3 Å². The Balaban J connectivity index is 1.27. The molecule has 4 amide bonds. The molecule has 0 unspecified atom stereocenters. The number of pyridine rings is 2. The molecule has 208 valence electrons. The van der Waals surface area contributed by atoms with E-state index in [-0.39, 0.29) is 23.9 Å². The molecule has 3 N–H and O–H groups in total. The zero-order chi connectivity index (χ0) is 28.5. The number of anilines is 3. The van der Waals surface area contributed by atoms with Crippen LogP contribution in [0.2, 0.25) is 0 Å². The van der Waals surface area contributed by atoms with Gasteiger partial charge in [-0.25, -0.2) is 14.8 Å². The van der Waals surface area contributed by atoms with Crippen LogP contribution in [0.1, 0.15) is 40.9 Å². The summed E-state index contributed by atoms with van der Waals surface area (Å²) in [5, 5.41) is 9.67. The van der Waals surface area contributed by atoms with Gasteiger partial charge < -0.3 is 20.7 Å². The van der Waals surface area contributed by atoms with E-state index in [2.05, 4.69) is 32.5 Å². The Morgan fingerprint density at radius 1 is 1.12 bits per heavy atom. The van der Waals surface area contributed by atoms with E-state index < -0.39 is 6.03 Å². The molecule has 0 saturated heterocycles. The monoisotopic (exact) mass is 568 g/mol. The maximum Gasteiger partial charge on any atom is 0.331 e. The molecule has 0 radical (unpaired) electrons. The number of amides is 4. The molecule has 0 spiro atoms. The summed E-state index contributed by atoms with van der Waals surface area (Å²) in [6, 6.07) is 12.4. The first-order valence-electron chi connectivity index (χ1n) is 13.4. The summed E-state index contributed by atoms with van der Waals surface area (Å²) >= 11 is 1.24. The molecule has 1 aliphatic carbocycles. The van der Waals surface area contributed by atoms with E-state index in [0.717, 1.165) is 24.8 Å². The second kappa shape index (κ2) is 11.0. The summed E-state index contributed by atoms with van der Waals surface area (Å²) in [5.41, 5.74) is 2.45. The molecule has 1 aliphatic heterocycles. The standard InChI is InChI=1S/C30H28N6O4S/c1-3-23(37)33-18-8-7-9-19(15-18)34-28(38)27-26-25-21(12-13-31-29(25)41-27)36(30(39)35-26)22-16-32-24(14-17(22)2)40-20-10-5-4-6-11-20/h3-6,10-14,16,18-19H,1,7-9,15H2,2H3,(H,33,37)(H,34,38)(H,35,39)/t18-,19-/m1/s1. The van der Waals surface area contributed by atoms with Crippen molar-refractivity contribution < 1.29 is 19.1 Å². The highest BCUT2D eigenvalue weighted by atomic mass is 32.1. The van der Waals surface area contributed by atoms with Crippen LogP contribution in [0.4, 0.5) is 21.9 Å². The van der Waals surface area contributed by atoms with Crippen molar-refractivity contribution in [3.63, 3.8) is 0 Å². The Morgan fingerprint density at radius 3 is 2.66 bits per heavy atom. The Labute approximate surface area is 240 Å². The topological polar surface area (TPSA) is 126 Å². The van der Waals surface area contributed by atoms with Gasteiger partial charge >= 0.3 is 6.03 Å². The predicted molar refractivity (Wildman–Crippen MR) is 158 cm³/mol. The molecule has 1 aromatic carbocycles. The third kappa shape index (κ3) is 5.23. The largest absolute Gasteiger partial charge is 0.439 e. The fourth-order valence-corrected chi connectivity index (χ4v) is 6.39. The number of rotatable bonds is 7. The van der Waals surface area contributed by atoms with Gasteiger partial charge in [0.25, 0.3) is 5.91 Å². The minimum absolute atomic E-state index is 0.0248. The van der Waals surface area contributed by atoms with Gasteiger partial charge in [0.05, 0.1) is 28.6 Å². The lowest BCUT2D eigenvalue weighted by atomic mass is 9.91. The van der Waals surface area contributed by atoms with E-state index in [0.29, 0.717) is 50.2 Å². The maximum atomic E-state index is 13.5. The molecule has 2 aliphatic rings. The number of nitrogens with one attached hydrogen (secondary N) is 3. The van der Waals surface area contributed by atoms with Gasteiger partial charge in [-0.05, 0) is 62.4 Å². The van der Waals surface area contributed by atoms with Crippen LogP contribution in [0.5, 0.6) is 11.6 Å². The smallest absolute Gasteiger partial charge is 0.331 e. The normalized spacial score (nSPS) is 18.0. The van der Waals surface area contributed by atoms with Crippen LogP contribution >= 0.6 is 11.3 Å². The summed E-state index contributed by atoms with van der Waals surface area (Å²) in [7, 11) is 0. The molecular formula is C30H28N6O4S. The average Bonchev–Trinajstić information content (AvgIpc) is 3.34. The van der Waals surface area contributed by atoms with Gasteiger partial charge in [0.2, 0.25) is 11.8 Å². The molecule has 1 saturated carbocycles. The zero-order valence-electron chi connectivity index (χ0n) is 22.3. The average molecular weight is 569 g/mol. The molecule has 4 aromatic rings. The van der Waals surface area contributed by atoms with Crippen LogP contribution < -0.4 is 25.6 Å². The minimum atomic E-state index is -0.399. The summed E-state index contributed by atoms with van der Waals surface area (Å²) in [5.74, 6) is 0.589. The number of benzene rings is 1. The van der Waals surface area contributed by atoms with Crippen molar-refractivity contribution in [2.45, 2.75) is 44.7 Å². The molecule has 11 heteroatoms. The van der Waals surface area contributed by atoms with Gasteiger partial charge in [-0.15, -0.1) is 11.3 Å². The summed E-state index contributed by atoms with van der Waals surface area (Å²) in [6.07, 6.45) is 7.67. The number of aromatic nitrogens is 2. The molecule has 10 nitrogen and oxygen atoms in total. The second-order valence-electron chi connectivity index (χ2n) is 10.1. The van der Waals surface area contributed by atoms with E-state index >= 15 is 0 Å². The van der Waals surface area contributed by atoms with Crippen molar-refractivity contribution in [2.24, 2.45) is 0 Å². The van der Waals surface area contributed by atoms with Crippen molar-refractivity contribution in [3.05, 3.63) is 78.0 Å². The minimum Gasteiger partial charge on any atom is -0.439 e. The number of nitrogens with zero attached hydrogens (tertiary/aromatic N) is 3. The van der Waals surface area contributed by atoms with Crippen LogP contribution in [0.3, 0.4) is 0 Å². The van der Waals surface area contributed by atoms with Crippen molar-refractivity contribution in [3.8, 4) is 11.6 Å². The predicted octanol–water partition coefficient (Wildman–Crippen LogP) is 5.82. The Bertz CT molecular complexity index is 1670. The number of hydrogen-bond acceptors (Lipinski definition) is 7. The maximum absolute atomic E-state index is 13.5. The fourth-order valence-electron chi connectivity index (χ4n) is 5.37. The van der Waals surface area contributed by atoms with Crippen molar-refractivity contribution in [1.29, 1.82) is 0 Å². The first-order chi connectivity index (χ1) is 19.9. The number of ether oxygens (including phenoxy) is 1. The highest BCUT2D eigenvalue weighted by molar-refractivity contribution is 7.21. The number of thiophene rings is 1. The van der Waals surface area contributed by atoms with Crippen LogP contribution in [-0.2, 0) is 4.79 Å². The number of aryl methyl sites for hydroxylation is 1. The fraction of sp³-hybridized carbons (Fsp3) is 0.233. The number of hydrogen-bond donors (Lipinski definition) is 3. The quantitative estimate of drug-likeness (QED) is 0.241. The van der Waals surface area contributed by atoms with Gasteiger partial charge in [-0.1, -0.05) is 24.8 Å². The number of urea groups is 1. The highest BCUT2D eigenvalue weighted by Gasteiger charge is 2.34. The van der Waals surface area contributed by atoms with Crippen molar-refractivity contribution in [2.75, 3.05) is 10.2 Å². The van der Waals surface area contributed by atoms with E-state index in [1.54, 1.807) is 29.4 Å². The molecule has 3 aromatic heterocycles. The van der Waals surface area contributed by atoms with Crippen LogP contribution in [0.15, 0.2) is 67.5 Å². The van der Waals surface area contributed by atoms with E-state index in [4.69, 9.17) is 4.74 Å². The van der Waals surface area contributed by atoms with Crippen LogP contribution in [0.25, 0.3) is 10.2 Å². The lowest BCUT2D eigenvalue weighted by Gasteiger charge is -2.30.